The number of carbonyl (C=O) groups excluding carboxylic acids is 1. The molecule has 1 amide bonds. The van der Waals surface area contributed by atoms with Gasteiger partial charge in [0.15, 0.2) is 0 Å². The Kier molecular flexibility index (Phi) is 6.60. The zero-order chi connectivity index (χ0) is 19.6. The minimum Gasteiger partial charge on any atom is -0.444 e. The standard InChI is InChI=1S/C17H22BrClF2N2O3/c1-10-9-22(16(24)26-17(2,3)4)5-6-23(10)13-8-11(25-15(20)21)7-12(18)14(13)19/h7-8,10,15H,5-6,9H2,1-4H3/t10-/m0/s1. The quantitative estimate of drug-likeness (QED) is 0.632. The van der Waals surface area contributed by atoms with Crippen molar-refractivity contribution in [2.75, 3.05) is 24.5 Å². The van der Waals surface area contributed by atoms with E-state index >= 15 is 0 Å². The Labute approximate surface area is 165 Å². The first kappa shape index (κ1) is 21.0. The van der Waals surface area contributed by atoms with Crippen LogP contribution in [0.1, 0.15) is 27.7 Å². The highest BCUT2D eigenvalue weighted by atomic mass is 79.9. The topological polar surface area (TPSA) is 42.0 Å². The van der Waals surface area contributed by atoms with Crippen LogP contribution in [0.4, 0.5) is 19.3 Å². The molecule has 0 N–H and O–H groups in total. The molecular weight excluding hydrogens is 434 g/mol. The molecule has 0 bridgehead atoms. The van der Waals surface area contributed by atoms with Crippen LogP contribution in [0, 0.1) is 0 Å². The van der Waals surface area contributed by atoms with Crippen LogP contribution in [-0.2, 0) is 4.74 Å². The van der Waals surface area contributed by atoms with Gasteiger partial charge in [-0.15, -0.1) is 0 Å². The zero-order valence-electron chi connectivity index (χ0n) is 15.1. The Balaban J connectivity index is 2.16. The number of anilines is 1. The molecule has 5 nitrogen and oxygen atoms in total. The molecule has 0 spiro atoms. The van der Waals surface area contributed by atoms with E-state index in [0.717, 1.165) is 0 Å². The number of alkyl halides is 2. The minimum absolute atomic E-state index is 0.0213. The first-order valence-electron chi connectivity index (χ1n) is 8.16. The third kappa shape index (κ3) is 5.36. The SMILES string of the molecule is C[C@H]1CN(C(=O)OC(C)(C)C)CCN1c1cc(OC(F)F)cc(Br)c1Cl. The lowest BCUT2D eigenvalue weighted by atomic mass is 10.1. The van der Waals surface area contributed by atoms with Crippen LogP contribution in [0.2, 0.25) is 5.02 Å². The number of benzene rings is 1. The molecule has 0 radical (unpaired) electrons. The molecule has 26 heavy (non-hydrogen) atoms. The van der Waals surface area contributed by atoms with Gasteiger partial charge in [0, 0.05) is 36.2 Å². The predicted molar refractivity (Wildman–Crippen MR) is 100 cm³/mol. The first-order valence-corrected chi connectivity index (χ1v) is 9.33. The molecule has 1 heterocycles. The Hall–Kier alpha value is -1.28. The normalized spacial score (nSPS) is 18.3. The van der Waals surface area contributed by atoms with E-state index in [9.17, 15) is 13.6 Å². The van der Waals surface area contributed by atoms with Crippen LogP contribution in [0.15, 0.2) is 16.6 Å². The van der Waals surface area contributed by atoms with Gasteiger partial charge in [0.1, 0.15) is 11.4 Å². The zero-order valence-corrected chi connectivity index (χ0v) is 17.4. The average molecular weight is 456 g/mol. The van der Waals surface area contributed by atoms with Gasteiger partial charge in [0.25, 0.3) is 0 Å². The molecule has 1 saturated heterocycles. The fourth-order valence-corrected chi connectivity index (χ4v) is 3.38. The molecule has 1 aliphatic heterocycles. The van der Waals surface area contributed by atoms with E-state index in [4.69, 9.17) is 16.3 Å². The monoisotopic (exact) mass is 454 g/mol. The molecule has 0 saturated carbocycles. The van der Waals surface area contributed by atoms with Crippen molar-refractivity contribution in [1.82, 2.24) is 4.90 Å². The molecule has 1 aliphatic rings. The summed E-state index contributed by atoms with van der Waals surface area (Å²) in [6, 6.07) is 2.81. The van der Waals surface area contributed by atoms with Gasteiger partial charge < -0.3 is 19.3 Å². The summed E-state index contributed by atoms with van der Waals surface area (Å²) in [7, 11) is 0. The van der Waals surface area contributed by atoms with E-state index in [1.165, 1.54) is 12.1 Å². The number of piperazine rings is 1. The molecule has 0 aromatic heterocycles. The maximum absolute atomic E-state index is 12.5. The van der Waals surface area contributed by atoms with Gasteiger partial charge in [-0.25, -0.2) is 4.79 Å². The third-order valence-electron chi connectivity index (χ3n) is 3.80. The Morgan fingerprint density at radius 3 is 2.54 bits per heavy atom. The number of amides is 1. The number of halogens is 4. The average Bonchev–Trinajstić information content (AvgIpc) is 2.48. The highest BCUT2D eigenvalue weighted by molar-refractivity contribution is 9.10. The largest absolute Gasteiger partial charge is 0.444 e. The Bertz CT molecular complexity index is 670. The van der Waals surface area contributed by atoms with Gasteiger partial charge in [-0.3, -0.25) is 0 Å². The van der Waals surface area contributed by atoms with Crippen molar-refractivity contribution in [3.8, 4) is 5.75 Å². The molecule has 1 fully saturated rings. The molecule has 0 unspecified atom stereocenters. The summed E-state index contributed by atoms with van der Waals surface area (Å²) in [5, 5.41) is 0.407. The molecule has 0 aliphatic carbocycles. The summed E-state index contributed by atoms with van der Waals surface area (Å²) in [6.45, 7) is 5.82. The summed E-state index contributed by atoms with van der Waals surface area (Å²) >= 11 is 9.62. The second-order valence-electron chi connectivity index (χ2n) is 7.09. The fourth-order valence-electron chi connectivity index (χ4n) is 2.74. The predicted octanol–water partition coefficient (Wildman–Crippen LogP) is 5.15. The fraction of sp³-hybridized carbons (Fsp3) is 0.588. The maximum atomic E-state index is 12.5. The van der Waals surface area contributed by atoms with E-state index < -0.39 is 12.2 Å². The van der Waals surface area contributed by atoms with Crippen molar-refractivity contribution in [2.45, 2.75) is 45.9 Å². The summed E-state index contributed by atoms with van der Waals surface area (Å²) in [4.78, 5) is 15.8. The summed E-state index contributed by atoms with van der Waals surface area (Å²) in [5.74, 6) is 0.0213. The Morgan fingerprint density at radius 2 is 2.00 bits per heavy atom. The first-order chi connectivity index (χ1) is 12.0. The maximum Gasteiger partial charge on any atom is 0.410 e. The number of hydrogen-bond acceptors (Lipinski definition) is 4. The van der Waals surface area contributed by atoms with Crippen molar-refractivity contribution >= 4 is 39.3 Å². The summed E-state index contributed by atoms with van der Waals surface area (Å²) in [5.41, 5.74) is 0.0140. The van der Waals surface area contributed by atoms with E-state index in [0.29, 0.717) is 34.8 Å². The van der Waals surface area contributed by atoms with Crippen molar-refractivity contribution in [1.29, 1.82) is 0 Å². The lowest BCUT2D eigenvalue weighted by Gasteiger charge is -2.41. The van der Waals surface area contributed by atoms with E-state index in [2.05, 4.69) is 20.7 Å². The van der Waals surface area contributed by atoms with Crippen LogP contribution in [0.5, 0.6) is 5.75 Å². The van der Waals surface area contributed by atoms with E-state index in [1.807, 2.05) is 32.6 Å². The van der Waals surface area contributed by atoms with Crippen LogP contribution >= 0.6 is 27.5 Å². The van der Waals surface area contributed by atoms with Gasteiger partial charge in [-0.2, -0.15) is 8.78 Å². The van der Waals surface area contributed by atoms with Crippen molar-refractivity contribution < 1.29 is 23.0 Å². The highest BCUT2D eigenvalue weighted by Crippen LogP contribution is 2.39. The van der Waals surface area contributed by atoms with E-state index in [1.54, 1.807) is 4.90 Å². The number of ether oxygens (including phenoxy) is 2. The lowest BCUT2D eigenvalue weighted by molar-refractivity contribution is -0.0498. The highest BCUT2D eigenvalue weighted by Gasteiger charge is 2.31. The van der Waals surface area contributed by atoms with Gasteiger partial charge in [0.2, 0.25) is 0 Å². The molecule has 1 aromatic carbocycles. The lowest BCUT2D eigenvalue weighted by Crippen LogP contribution is -2.54. The van der Waals surface area contributed by atoms with Gasteiger partial charge >= 0.3 is 12.7 Å². The number of nitrogens with zero attached hydrogens (tertiary/aromatic N) is 2. The molecular formula is C17H22BrClF2N2O3. The van der Waals surface area contributed by atoms with Crippen molar-refractivity contribution in [3.63, 3.8) is 0 Å². The van der Waals surface area contributed by atoms with Crippen LogP contribution < -0.4 is 9.64 Å². The smallest absolute Gasteiger partial charge is 0.410 e. The molecule has 2 rings (SSSR count). The molecule has 1 aromatic rings. The molecule has 146 valence electrons. The van der Waals surface area contributed by atoms with Gasteiger partial charge in [-0.1, -0.05) is 11.6 Å². The van der Waals surface area contributed by atoms with Crippen LogP contribution in [-0.4, -0.2) is 48.9 Å². The minimum atomic E-state index is -2.92. The number of hydrogen-bond donors (Lipinski definition) is 0. The number of rotatable bonds is 3. The van der Waals surface area contributed by atoms with Crippen molar-refractivity contribution in [2.24, 2.45) is 0 Å². The molecule has 1 atom stereocenters. The second-order valence-corrected chi connectivity index (χ2v) is 8.32. The summed E-state index contributed by atoms with van der Waals surface area (Å²) < 4.78 is 35.4. The number of carbonyl (C=O) groups is 1. The van der Waals surface area contributed by atoms with Crippen LogP contribution in [0.3, 0.4) is 0 Å². The van der Waals surface area contributed by atoms with Gasteiger partial charge in [0.05, 0.1) is 10.7 Å². The van der Waals surface area contributed by atoms with Gasteiger partial charge in [-0.05, 0) is 49.7 Å². The summed E-state index contributed by atoms with van der Waals surface area (Å²) in [6.07, 6.45) is -0.369. The third-order valence-corrected chi connectivity index (χ3v) is 5.05. The van der Waals surface area contributed by atoms with Crippen LogP contribution in [0.25, 0.3) is 0 Å². The molecule has 9 heteroatoms. The van der Waals surface area contributed by atoms with E-state index in [-0.39, 0.29) is 17.9 Å². The second kappa shape index (κ2) is 8.17. The van der Waals surface area contributed by atoms with Crippen molar-refractivity contribution in [3.05, 3.63) is 21.6 Å². The Morgan fingerprint density at radius 1 is 1.35 bits per heavy atom.